The van der Waals surface area contributed by atoms with Gasteiger partial charge in [-0.25, -0.2) is 14.1 Å². The topological polar surface area (TPSA) is 86.8 Å². The van der Waals surface area contributed by atoms with E-state index in [1.165, 1.54) is 23.0 Å². The lowest BCUT2D eigenvalue weighted by Crippen LogP contribution is -2.38. The van der Waals surface area contributed by atoms with E-state index >= 15 is 0 Å². The van der Waals surface area contributed by atoms with Gasteiger partial charge in [0.1, 0.15) is 11.5 Å². The number of amides is 1. The number of carbonyl (C=O) groups is 1. The van der Waals surface area contributed by atoms with Crippen molar-refractivity contribution in [3.05, 3.63) is 101 Å². The fourth-order valence-corrected chi connectivity index (χ4v) is 3.53. The first-order chi connectivity index (χ1) is 16.5. The molecular weight excluding hydrogens is 466 g/mol. The number of nitrogens with zero attached hydrogens (tertiary/aromatic N) is 4. The zero-order chi connectivity index (χ0) is 25.3. The fourth-order valence-electron chi connectivity index (χ4n) is 3.53. The second-order valence-corrected chi connectivity index (χ2v) is 7.85. The molecule has 0 bridgehead atoms. The third-order valence-electron chi connectivity index (χ3n) is 5.38. The Kier molecular flexibility index (Phi) is 6.25. The molecule has 0 fully saturated rings. The van der Waals surface area contributed by atoms with E-state index in [0.29, 0.717) is 17.3 Å². The van der Waals surface area contributed by atoms with E-state index in [-0.39, 0.29) is 21.7 Å². The average molecular weight is 485 g/mol. The Morgan fingerprint density at radius 1 is 1.14 bits per heavy atom. The highest BCUT2D eigenvalue weighted by molar-refractivity contribution is 6.00. The van der Waals surface area contributed by atoms with Gasteiger partial charge in [0.15, 0.2) is 12.0 Å². The van der Waals surface area contributed by atoms with Crippen molar-refractivity contribution >= 4 is 5.91 Å². The molecule has 0 saturated heterocycles. The van der Waals surface area contributed by atoms with Crippen LogP contribution in [0.2, 0.25) is 0 Å². The molecule has 35 heavy (non-hydrogen) atoms. The standard InChI is InChI=1S/C24H19F4N5O2/c1-14-5-3-4-6-18(14)22-19(13-32(31-22)21-10-8-17(25)11-29-21)23(34)30-15(2)16-7-9-20(24(26,27)28)33(35)12-16/h3-13,15H,1-2H3,(H,30,34)/t15-/m1/s1. The summed E-state index contributed by atoms with van der Waals surface area (Å²) in [4.78, 5) is 17.2. The Balaban J connectivity index is 1.69. The lowest BCUT2D eigenvalue weighted by molar-refractivity contribution is -0.629. The molecule has 1 N–H and O–H groups in total. The predicted molar refractivity (Wildman–Crippen MR) is 118 cm³/mol. The van der Waals surface area contributed by atoms with Gasteiger partial charge >= 0.3 is 6.18 Å². The Labute approximate surface area is 197 Å². The van der Waals surface area contributed by atoms with Crippen LogP contribution in [0.1, 0.15) is 40.1 Å². The molecule has 0 radical (unpaired) electrons. The smallest absolute Gasteiger partial charge is 0.478 e. The van der Waals surface area contributed by atoms with Gasteiger partial charge in [0, 0.05) is 23.4 Å². The van der Waals surface area contributed by atoms with Crippen LogP contribution in [0.4, 0.5) is 17.6 Å². The third-order valence-corrected chi connectivity index (χ3v) is 5.38. The van der Waals surface area contributed by atoms with Gasteiger partial charge < -0.3 is 10.5 Å². The van der Waals surface area contributed by atoms with E-state index in [2.05, 4.69) is 15.4 Å². The van der Waals surface area contributed by atoms with E-state index < -0.39 is 29.6 Å². The van der Waals surface area contributed by atoms with Gasteiger partial charge in [-0.2, -0.15) is 23.0 Å². The molecule has 4 rings (SSSR count). The lowest BCUT2D eigenvalue weighted by Gasteiger charge is -2.15. The molecule has 0 aliphatic rings. The number of aryl methyl sites for hydroxylation is 1. The van der Waals surface area contributed by atoms with Crippen molar-refractivity contribution in [2.24, 2.45) is 0 Å². The van der Waals surface area contributed by atoms with Gasteiger partial charge in [0.2, 0.25) is 0 Å². The average Bonchev–Trinajstić information content (AvgIpc) is 3.24. The minimum absolute atomic E-state index is 0.166. The summed E-state index contributed by atoms with van der Waals surface area (Å²) in [5.74, 6) is -0.816. The summed E-state index contributed by atoms with van der Waals surface area (Å²) in [5.41, 5.74) is 0.866. The van der Waals surface area contributed by atoms with Crippen LogP contribution in [0.25, 0.3) is 17.1 Å². The highest BCUT2D eigenvalue weighted by Gasteiger charge is 2.39. The molecule has 0 aliphatic heterocycles. The molecule has 3 heterocycles. The van der Waals surface area contributed by atoms with Crippen LogP contribution in [0.5, 0.6) is 0 Å². The highest BCUT2D eigenvalue weighted by atomic mass is 19.4. The molecule has 1 amide bonds. The van der Waals surface area contributed by atoms with E-state index in [1.54, 1.807) is 19.1 Å². The molecule has 180 valence electrons. The van der Waals surface area contributed by atoms with Crippen molar-refractivity contribution < 1.29 is 27.1 Å². The van der Waals surface area contributed by atoms with Crippen LogP contribution < -0.4 is 10.0 Å². The summed E-state index contributed by atoms with van der Waals surface area (Å²) in [6.45, 7) is 3.39. The Morgan fingerprint density at radius 2 is 1.89 bits per heavy atom. The van der Waals surface area contributed by atoms with Crippen LogP contribution in [0.3, 0.4) is 0 Å². The first kappa shape index (κ1) is 23.9. The van der Waals surface area contributed by atoms with Gasteiger partial charge in [-0.05, 0) is 37.6 Å². The minimum atomic E-state index is -4.79. The first-order valence-electron chi connectivity index (χ1n) is 10.4. The van der Waals surface area contributed by atoms with Crippen molar-refractivity contribution in [1.29, 1.82) is 0 Å². The number of carbonyl (C=O) groups excluding carboxylic acids is 1. The second kappa shape index (κ2) is 9.16. The number of aromatic nitrogens is 4. The molecule has 1 aromatic carbocycles. The molecule has 0 unspecified atom stereocenters. The Bertz CT molecular complexity index is 1380. The van der Waals surface area contributed by atoms with E-state index in [9.17, 15) is 27.6 Å². The molecule has 0 aliphatic carbocycles. The summed E-state index contributed by atoms with van der Waals surface area (Å²) in [6, 6.07) is 10.9. The molecule has 11 heteroatoms. The van der Waals surface area contributed by atoms with Gasteiger partial charge in [-0.3, -0.25) is 4.79 Å². The molecule has 0 saturated carbocycles. The van der Waals surface area contributed by atoms with Crippen LogP contribution in [0.15, 0.2) is 67.1 Å². The van der Waals surface area contributed by atoms with Gasteiger partial charge in [0.25, 0.3) is 11.6 Å². The summed E-state index contributed by atoms with van der Waals surface area (Å²) >= 11 is 0. The maximum absolute atomic E-state index is 13.3. The van der Waals surface area contributed by atoms with Crippen LogP contribution in [0, 0.1) is 17.9 Å². The number of benzene rings is 1. The predicted octanol–water partition coefficient (Wildman–Crippen LogP) is 4.53. The lowest BCUT2D eigenvalue weighted by atomic mass is 10.0. The van der Waals surface area contributed by atoms with Crippen molar-refractivity contribution in [3.63, 3.8) is 0 Å². The van der Waals surface area contributed by atoms with Crippen LogP contribution in [-0.4, -0.2) is 20.7 Å². The molecular formula is C24H19F4N5O2. The summed E-state index contributed by atoms with van der Waals surface area (Å²) in [5, 5.41) is 19.0. The van der Waals surface area contributed by atoms with E-state index in [4.69, 9.17) is 0 Å². The molecule has 0 spiro atoms. The summed E-state index contributed by atoms with van der Waals surface area (Å²) in [6.07, 6.45) is -1.56. The van der Waals surface area contributed by atoms with E-state index in [1.807, 2.05) is 19.1 Å². The van der Waals surface area contributed by atoms with Crippen LogP contribution in [-0.2, 0) is 6.18 Å². The zero-order valence-corrected chi connectivity index (χ0v) is 18.5. The summed E-state index contributed by atoms with van der Waals surface area (Å²) < 4.78 is 53.1. The van der Waals surface area contributed by atoms with Gasteiger partial charge in [-0.15, -0.1) is 0 Å². The van der Waals surface area contributed by atoms with Crippen molar-refractivity contribution in [1.82, 2.24) is 20.1 Å². The largest absolute Gasteiger partial charge is 0.618 e. The molecule has 7 nitrogen and oxygen atoms in total. The fraction of sp³-hybridized carbons (Fsp3) is 0.167. The maximum Gasteiger partial charge on any atom is 0.478 e. The monoisotopic (exact) mass is 485 g/mol. The number of rotatable bonds is 5. The normalized spacial score (nSPS) is 12.4. The number of pyridine rings is 2. The Morgan fingerprint density at radius 3 is 2.51 bits per heavy atom. The summed E-state index contributed by atoms with van der Waals surface area (Å²) in [7, 11) is 0. The minimum Gasteiger partial charge on any atom is -0.618 e. The molecule has 4 aromatic rings. The Hall–Kier alpha value is -4.28. The van der Waals surface area contributed by atoms with Crippen molar-refractivity contribution in [3.8, 4) is 17.1 Å². The quantitative estimate of drug-likeness (QED) is 0.256. The maximum atomic E-state index is 13.3. The number of hydrogen-bond donors (Lipinski definition) is 1. The van der Waals surface area contributed by atoms with E-state index in [0.717, 1.165) is 24.0 Å². The van der Waals surface area contributed by atoms with Gasteiger partial charge in [-0.1, -0.05) is 24.3 Å². The zero-order valence-electron chi connectivity index (χ0n) is 18.5. The number of halogens is 4. The third kappa shape index (κ3) is 4.98. The number of nitrogens with one attached hydrogen (secondary N) is 1. The van der Waals surface area contributed by atoms with Crippen molar-refractivity contribution in [2.45, 2.75) is 26.1 Å². The number of hydrogen-bond acceptors (Lipinski definition) is 4. The highest BCUT2D eigenvalue weighted by Crippen LogP contribution is 2.28. The molecule has 1 atom stereocenters. The first-order valence-corrected chi connectivity index (χ1v) is 10.4. The van der Waals surface area contributed by atoms with Crippen molar-refractivity contribution in [2.75, 3.05) is 0 Å². The SMILES string of the molecule is Cc1ccccc1-c1nn(-c2ccc(F)cn2)cc1C(=O)N[C@H](C)c1ccc(C(F)(F)F)[n+]([O-])c1. The van der Waals surface area contributed by atoms with Gasteiger partial charge in [0.05, 0.1) is 17.8 Å². The molecule has 3 aromatic heterocycles. The van der Waals surface area contributed by atoms with Crippen LogP contribution >= 0.6 is 0 Å². The second-order valence-electron chi connectivity index (χ2n) is 7.85. The number of alkyl halides is 3.